The van der Waals surface area contributed by atoms with Crippen LogP contribution >= 0.6 is 23.4 Å². The number of amides is 3. The Bertz CT molecular complexity index is 847. The van der Waals surface area contributed by atoms with Gasteiger partial charge in [0.05, 0.1) is 12.2 Å². The van der Waals surface area contributed by atoms with Crippen molar-refractivity contribution < 1.29 is 9.59 Å². The largest absolute Gasteiger partial charge is 0.352 e. The van der Waals surface area contributed by atoms with E-state index in [4.69, 9.17) is 17.3 Å². The van der Waals surface area contributed by atoms with Gasteiger partial charge in [0.15, 0.2) is 0 Å². The topological polar surface area (TPSA) is 87.5 Å². The summed E-state index contributed by atoms with van der Waals surface area (Å²) in [5.41, 5.74) is 5.94. The van der Waals surface area contributed by atoms with Crippen LogP contribution in [0.2, 0.25) is 5.02 Å². The highest BCUT2D eigenvalue weighted by atomic mass is 35.5. The first-order valence-corrected chi connectivity index (χ1v) is 10.8. The number of urea groups is 1. The second kappa shape index (κ2) is 10.5. The van der Waals surface area contributed by atoms with E-state index in [0.717, 1.165) is 41.4 Å². The molecule has 3 amide bonds. The molecule has 1 atom stereocenters. The molecule has 0 bridgehead atoms. The molecule has 3 rings (SSSR count). The molecule has 0 radical (unpaired) electrons. The molecular formula is C21H25ClN4O2S. The van der Waals surface area contributed by atoms with Gasteiger partial charge in [0.25, 0.3) is 0 Å². The number of nitrogens with two attached hydrogens (primary N) is 1. The van der Waals surface area contributed by atoms with Crippen LogP contribution in [0, 0.1) is 5.92 Å². The molecule has 1 aliphatic heterocycles. The zero-order valence-corrected chi connectivity index (χ0v) is 17.6. The van der Waals surface area contributed by atoms with Crippen LogP contribution in [-0.2, 0) is 4.79 Å². The molecule has 2 aromatic rings. The first kappa shape index (κ1) is 21.5. The summed E-state index contributed by atoms with van der Waals surface area (Å²) < 4.78 is 0. The summed E-state index contributed by atoms with van der Waals surface area (Å²) in [4.78, 5) is 27.7. The fraction of sp³-hybridized carbons (Fsp3) is 0.333. The number of halogens is 1. The van der Waals surface area contributed by atoms with Crippen molar-refractivity contribution in [1.29, 1.82) is 0 Å². The zero-order chi connectivity index (χ0) is 20.6. The number of carbonyl (C=O) groups excluding carboxylic acids is 2. The Balaban J connectivity index is 1.56. The van der Waals surface area contributed by atoms with E-state index in [9.17, 15) is 9.59 Å². The van der Waals surface area contributed by atoms with Gasteiger partial charge in [0.1, 0.15) is 0 Å². The maximum atomic E-state index is 12.6. The van der Waals surface area contributed by atoms with E-state index in [1.807, 2.05) is 48.5 Å². The van der Waals surface area contributed by atoms with Gasteiger partial charge in [-0.1, -0.05) is 35.5 Å². The van der Waals surface area contributed by atoms with Crippen molar-refractivity contribution in [3.63, 3.8) is 0 Å². The molecule has 0 aromatic heterocycles. The number of nitrogens with one attached hydrogen (secondary N) is 2. The van der Waals surface area contributed by atoms with Crippen LogP contribution in [0.4, 0.5) is 10.5 Å². The van der Waals surface area contributed by atoms with E-state index in [0.29, 0.717) is 24.0 Å². The molecule has 6 nitrogen and oxygen atoms in total. The number of para-hydroxylation sites is 1. The number of nitrogens with zero attached hydrogens (tertiary/aromatic N) is 1. The Kier molecular flexibility index (Phi) is 7.80. The summed E-state index contributed by atoms with van der Waals surface area (Å²) in [7, 11) is 0. The Morgan fingerprint density at radius 2 is 1.93 bits per heavy atom. The normalized spacial score (nSPS) is 16.9. The van der Waals surface area contributed by atoms with Gasteiger partial charge in [-0.2, -0.15) is 0 Å². The Morgan fingerprint density at radius 3 is 2.69 bits per heavy atom. The lowest BCUT2D eigenvalue weighted by atomic mass is 9.98. The lowest BCUT2D eigenvalue weighted by Crippen LogP contribution is -2.44. The molecule has 0 spiro atoms. The van der Waals surface area contributed by atoms with E-state index < -0.39 is 6.03 Å². The van der Waals surface area contributed by atoms with Gasteiger partial charge in [-0.25, -0.2) is 4.79 Å². The first-order chi connectivity index (χ1) is 14.0. The highest BCUT2D eigenvalue weighted by Crippen LogP contribution is 2.33. The number of primary amides is 1. The molecule has 1 heterocycles. The van der Waals surface area contributed by atoms with E-state index >= 15 is 0 Å². The van der Waals surface area contributed by atoms with Crippen LogP contribution in [0.1, 0.15) is 12.8 Å². The molecule has 0 saturated carbocycles. The van der Waals surface area contributed by atoms with Gasteiger partial charge in [0, 0.05) is 27.9 Å². The quantitative estimate of drug-likeness (QED) is 0.620. The average Bonchev–Trinajstić information content (AvgIpc) is 2.70. The zero-order valence-electron chi connectivity index (χ0n) is 16.1. The molecule has 1 fully saturated rings. The van der Waals surface area contributed by atoms with Gasteiger partial charge in [-0.15, -0.1) is 0 Å². The van der Waals surface area contributed by atoms with Gasteiger partial charge >= 0.3 is 6.03 Å². The molecular weight excluding hydrogens is 408 g/mol. The molecule has 2 aromatic carbocycles. The highest BCUT2D eigenvalue weighted by molar-refractivity contribution is 7.99. The molecule has 0 aliphatic carbocycles. The predicted octanol–water partition coefficient (Wildman–Crippen LogP) is 3.81. The van der Waals surface area contributed by atoms with E-state index in [1.54, 1.807) is 11.8 Å². The number of carbonyl (C=O) groups is 2. The fourth-order valence-electron chi connectivity index (χ4n) is 3.39. The third kappa shape index (κ3) is 6.96. The minimum atomic E-state index is -0.505. The van der Waals surface area contributed by atoms with Crippen molar-refractivity contribution in [3.8, 4) is 0 Å². The van der Waals surface area contributed by atoms with Gasteiger partial charge < -0.3 is 16.4 Å². The maximum absolute atomic E-state index is 12.6. The second-order valence-electron chi connectivity index (χ2n) is 7.09. The van der Waals surface area contributed by atoms with Crippen molar-refractivity contribution in [3.05, 3.63) is 53.6 Å². The van der Waals surface area contributed by atoms with Crippen LogP contribution in [0.3, 0.4) is 0 Å². The van der Waals surface area contributed by atoms with Crippen LogP contribution < -0.4 is 16.4 Å². The number of hydrogen-bond donors (Lipinski definition) is 3. The highest BCUT2D eigenvalue weighted by Gasteiger charge is 2.22. The van der Waals surface area contributed by atoms with Crippen LogP contribution in [-0.4, -0.2) is 43.0 Å². The number of piperidine rings is 1. The van der Waals surface area contributed by atoms with Crippen LogP contribution in [0.15, 0.2) is 58.3 Å². The van der Waals surface area contributed by atoms with E-state index in [2.05, 4.69) is 15.5 Å². The second-order valence-corrected chi connectivity index (χ2v) is 8.64. The molecule has 1 saturated heterocycles. The summed E-state index contributed by atoms with van der Waals surface area (Å²) in [5.74, 6) is 0.273. The van der Waals surface area contributed by atoms with Gasteiger partial charge in [-0.05, 0) is 61.7 Å². The average molecular weight is 433 g/mol. The maximum Gasteiger partial charge on any atom is 0.312 e. The minimum absolute atomic E-state index is 0.0438. The molecule has 0 unspecified atom stereocenters. The Morgan fingerprint density at radius 1 is 1.17 bits per heavy atom. The summed E-state index contributed by atoms with van der Waals surface area (Å²) in [6.07, 6.45) is 2.03. The van der Waals surface area contributed by atoms with Gasteiger partial charge in [0.2, 0.25) is 5.91 Å². The summed E-state index contributed by atoms with van der Waals surface area (Å²) in [5, 5.41) is 6.40. The molecule has 1 aliphatic rings. The fourth-order valence-corrected chi connectivity index (χ4v) is 4.42. The van der Waals surface area contributed by atoms with Crippen molar-refractivity contribution in [1.82, 2.24) is 10.2 Å². The van der Waals surface area contributed by atoms with Crippen LogP contribution in [0.5, 0.6) is 0 Å². The van der Waals surface area contributed by atoms with Crippen LogP contribution in [0.25, 0.3) is 0 Å². The summed E-state index contributed by atoms with van der Waals surface area (Å²) in [6.45, 7) is 2.53. The van der Waals surface area contributed by atoms with Crippen molar-refractivity contribution >= 4 is 41.0 Å². The third-order valence-corrected chi connectivity index (χ3v) is 6.07. The smallest absolute Gasteiger partial charge is 0.312 e. The van der Waals surface area contributed by atoms with Crippen molar-refractivity contribution in [2.24, 2.45) is 11.7 Å². The summed E-state index contributed by atoms with van der Waals surface area (Å²) in [6, 6.07) is 14.9. The van der Waals surface area contributed by atoms with Gasteiger partial charge in [-0.3, -0.25) is 9.69 Å². The molecule has 8 heteroatoms. The molecule has 4 N–H and O–H groups in total. The van der Waals surface area contributed by atoms with E-state index in [-0.39, 0.29) is 5.91 Å². The standard InChI is InChI=1S/C21H25ClN4O2S/c22-16-7-9-17(10-8-16)29-19-6-2-1-5-18(19)25-20(27)14-26-11-3-4-15(13-26)12-24-21(23)28/h1-2,5-10,15H,3-4,11-14H2,(H,25,27)(H3,23,24,28)/t15-/m1/s1. The monoisotopic (exact) mass is 432 g/mol. The number of rotatable bonds is 7. The third-order valence-electron chi connectivity index (χ3n) is 4.74. The minimum Gasteiger partial charge on any atom is -0.352 e. The number of benzene rings is 2. The van der Waals surface area contributed by atoms with Crippen molar-refractivity contribution in [2.75, 3.05) is 31.5 Å². The molecule has 154 valence electrons. The Labute approximate surface area is 180 Å². The van der Waals surface area contributed by atoms with E-state index in [1.165, 1.54) is 0 Å². The number of anilines is 1. The molecule has 29 heavy (non-hydrogen) atoms. The first-order valence-electron chi connectivity index (χ1n) is 9.57. The number of likely N-dealkylation sites (tertiary alicyclic amines) is 1. The lowest BCUT2D eigenvalue weighted by Gasteiger charge is -2.32. The summed E-state index contributed by atoms with van der Waals surface area (Å²) >= 11 is 7.54. The lowest BCUT2D eigenvalue weighted by molar-refractivity contribution is -0.117. The SMILES string of the molecule is NC(=O)NC[C@H]1CCCN(CC(=O)Nc2ccccc2Sc2ccc(Cl)cc2)C1. The van der Waals surface area contributed by atoms with Crippen molar-refractivity contribution in [2.45, 2.75) is 22.6 Å². The Hall–Kier alpha value is -2.22. The predicted molar refractivity (Wildman–Crippen MR) is 117 cm³/mol. The number of hydrogen-bond acceptors (Lipinski definition) is 4.